The van der Waals surface area contributed by atoms with Gasteiger partial charge in [-0.15, -0.1) is 11.3 Å². The van der Waals surface area contributed by atoms with Crippen molar-refractivity contribution in [3.8, 4) is 0 Å². The minimum Gasteiger partial charge on any atom is -0.380 e. The summed E-state index contributed by atoms with van der Waals surface area (Å²) in [6, 6.07) is 4.98. The van der Waals surface area contributed by atoms with Crippen LogP contribution < -0.4 is 5.32 Å². The third kappa shape index (κ3) is 3.80. The molecule has 1 atom stereocenters. The summed E-state index contributed by atoms with van der Waals surface area (Å²) in [4.78, 5) is 1.49. The fourth-order valence-corrected chi connectivity index (χ4v) is 3.58. The van der Waals surface area contributed by atoms with Gasteiger partial charge in [0.2, 0.25) is 0 Å². The molecular weight excluding hydrogens is 230 g/mol. The summed E-state index contributed by atoms with van der Waals surface area (Å²) in [6.07, 6.45) is 5.56. The third-order valence-electron chi connectivity index (χ3n) is 3.54. The zero-order valence-electron chi connectivity index (χ0n) is 10.7. The second kappa shape index (κ2) is 7.14. The summed E-state index contributed by atoms with van der Waals surface area (Å²) < 4.78 is 5.40. The lowest BCUT2D eigenvalue weighted by atomic mass is 9.97. The topological polar surface area (TPSA) is 21.3 Å². The van der Waals surface area contributed by atoms with Gasteiger partial charge in [-0.1, -0.05) is 18.9 Å². The third-order valence-corrected chi connectivity index (χ3v) is 4.49. The lowest BCUT2D eigenvalue weighted by molar-refractivity contribution is 0.144. The predicted molar refractivity (Wildman–Crippen MR) is 73.5 cm³/mol. The predicted octanol–water partition coefficient (Wildman–Crippen LogP) is 3.61. The van der Waals surface area contributed by atoms with Crippen molar-refractivity contribution >= 4 is 11.3 Å². The molecule has 1 unspecified atom stereocenters. The first-order valence-corrected chi connectivity index (χ1v) is 7.64. The molecule has 0 aliphatic heterocycles. The summed E-state index contributed by atoms with van der Waals surface area (Å²) in [5.41, 5.74) is 0. The van der Waals surface area contributed by atoms with Gasteiger partial charge in [0.05, 0.1) is 6.61 Å². The molecule has 0 amide bonds. The van der Waals surface area contributed by atoms with Crippen molar-refractivity contribution in [2.75, 3.05) is 19.8 Å². The molecule has 96 valence electrons. The number of hydrogen-bond donors (Lipinski definition) is 1. The Morgan fingerprint density at radius 1 is 1.47 bits per heavy atom. The molecule has 1 fully saturated rings. The maximum atomic E-state index is 5.40. The molecule has 0 spiro atoms. The summed E-state index contributed by atoms with van der Waals surface area (Å²) in [6.45, 7) is 4.65. The molecular formula is C14H23NOS. The van der Waals surface area contributed by atoms with Crippen LogP contribution in [0.4, 0.5) is 0 Å². The minimum absolute atomic E-state index is 0.554. The normalized spacial score (nSPS) is 18.6. The van der Waals surface area contributed by atoms with E-state index >= 15 is 0 Å². The molecule has 1 heterocycles. The van der Waals surface area contributed by atoms with Crippen LogP contribution in [0.25, 0.3) is 0 Å². The number of ether oxygens (including phenoxy) is 1. The van der Waals surface area contributed by atoms with E-state index in [1.807, 2.05) is 18.3 Å². The molecule has 2 rings (SSSR count). The first-order valence-electron chi connectivity index (χ1n) is 6.76. The van der Waals surface area contributed by atoms with E-state index in [0.29, 0.717) is 6.04 Å². The molecule has 1 aromatic heterocycles. The lowest BCUT2D eigenvalue weighted by Gasteiger charge is -2.23. The Balaban J connectivity index is 1.88. The van der Waals surface area contributed by atoms with Crippen LogP contribution in [0, 0.1) is 5.92 Å². The van der Waals surface area contributed by atoms with E-state index in [4.69, 9.17) is 4.74 Å². The molecule has 2 nitrogen and oxygen atoms in total. The van der Waals surface area contributed by atoms with Gasteiger partial charge in [-0.25, -0.2) is 0 Å². The summed E-state index contributed by atoms with van der Waals surface area (Å²) in [5.74, 6) is 0.829. The van der Waals surface area contributed by atoms with Gasteiger partial charge in [0, 0.05) is 24.1 Å². The van der Waals surface area contributed by atoms with Crippen LogP contribution in [0.15, 0.2) is 17.5 Å². The molecule has 1 aliphatic rings. The molecule has 0 bridgehead atoms. The highest BCUT2D eigenvalue weighted by atomic mass is 32.1. The number of thiophene rings is 1. The monoisotopic (exact) mass is 253 g/mol. The Morgan fingerprint density at radius 3 is 2.94 bits per heavy atom. The molecule has 17 heavy (non-hydrogen) atoms. The van der Waals surface area contributed by atoms with E-state index in [-0.39, 0.29) is 0 Å². The summed E-state index contributed by atoms with van der Waals surface area (Å²) in [7, 11) is 0. The highest BCUT2D eigenvalue weighted by Crippen LogP contribution is 2.37. The molecule has 0 radical (unpaired) electrons. The second-order valence-electron chi connectivity index (χ2n) is 4.69. The van der Waals surface area contributed by atoms with Crippen LogP contribution in [0.3, 0.4) is 0 Å². The first-order chi connectivity index (χ1) is 8.42. The fourth-order valence-electron chi connectivity index (χ4n) is 2.69. The van der Waals surface area contributed by atoms with Crippen LogP contribution in [-0.4, -0.2) is 19.8 Å². The van der Waals surface area contributed by atoms with Crippen molar-refractivity contribution in [3.05, 3.63) is 22.4 Å². The quantitative estimate of drug-likeness (QED) is 0.750. The van der Waals surface area contributed by atoms with Crippen molar-refractivity contribution < 1.29 is 4.74 Å². The van der Waals surface area contributed by atoms with Crippen molar-refractivity contribution in [3.63, 3.8) is 0 Å². The highest BCUT2D eigenvalue weighted by molar-refractivity contribution is 7.10. The number of hydrogen-bond acceptors (Lipinski definition) is 3. The van der Waals surface area contributed by atoms with Gasteiger partial charge in [0.1, 0.15) is 0 Å². The zero-order chi connectivity index (χ0) is 11.9. The summed E-state index contributed by atoms with van der Waals surface area (Å²) >= 11 is 1.88. The second-order valence-corrected chi connectivity index (χ2v) is 5.67. The first kappa shape index (κ1) is 13.1. The van der Waals surface area contributed by atoms with E-state index in [2.05, 4.69) is 22.8 Å². The fraction of sp³-hybridized carbons (Fsp3) is 0.714. The standard InChI is InChI=1S/C14H23NOS/c1-2-16-10-9-15-14(12-6-3-4-7-12)13-8-5-11-17-13/h5,8,11-12,14-15H,2-4,6-7,9-10H2,1H3. The van der Waals surface area contributed by atoms with Crippen LogP contribution in [0.1, 0.15) is 43.5 Å². The van der Waals surface area contributed by atoms with Gasteiger partial charge in [-0.05, 0) is 37.1 Å². The van der Waals surface area contributed by atoms with Gasteiger partial charge >= 0.3 is 0 Å². The maximum absolute atomic E-state index is 5.40. The van der Waals surface area contributed by atoms with E-state index in [1.54, 1.807) is 0 Å². The van der Waals surface area contributed by atoms with E-state index in [1.165, 1.54) is 30.6 Å². The molecule has 0 aromatic carbocycles. The molecule has 3 heteroatoms. The molecule has 1 N–H and O–H groups in total. The zero-order valence-corrected chi connectivity index (χ0v) is 11.5. The maximum Gasteiger partial charge on any atom is 0.0590 e. The van der Waals surface area contributed by atoms with Crippen LogP contribution >= 0.6 is 11.3 Å². The largest absolute Gasteiger partial charge is 0.380 e. The summed E-state index contributed by atoms with van der Waals surface area (Å²) in [5, 5.41) is 5.87. The number of nitrogens with one attached hydrogen (secondary N) is 1. The van der Waals surface area contributed by atoms with Gasteiger partial charge in [0.15, 0.2) is 0 Å². The van der Waals surface area contributed by atoms with Crippen LogP contribution in [0.5, 0.6) is 0 Å². The average Bonchev–Trinajstić information content (AvgIpc) is 3.02. The van der Waals surface area contributed by atoms with Crippen molar-refractivity contribution in [2.24, 2.45) is 5.92 Å². The van der Waals surface area contributed by atoms with Crippen LogP contribution in [0.2, 0.25) is 0 Å². The number of rotatable bonds is 7. The van der Waals surface area contributed by atoms with Gasteiger partial charge in [-0.2, -0.15) is 0 Å². The van der Waals surface area contributed by atoms with E-state index < -0.39 is 0 Å². The smallest absolute Gasteiger partial charge is 0.0590 e. The lowest BCUT2D eigenvalue weighted by Crippen LogP contribution is -2.29. The van der Waals surface area contributed by atoms with Gasteiger partial charge in [-0.3, -0.25) is 0 Å². The molecule has 0 saturated heterocycles. The Kier molecular flexibility index (Phi) is 5.49. The SMILES string of the molecule is CCOCCNC(c1cccs1)C1CCCC1. The van der Waals surface area contributed by atoms with E-state index in [9.17, 15) is 0 Å². The Labute approximate surface area is 108 Å². The van der Waals surface area contributed by atoms with Crippen LogP contribution in [-0.2, 0) is 4.74 Å². The Bertz CT molecular complexity index is 293. The minimum atomic E-state index is 0.554. The van der Waals surface area contributed by atoms with E-state index in [0.717, 1.165) is 25.7 Å². The molecule has 1 aliphatic carbocycles. The van der Waals surface area contributed by atoms with Gasteiger partial charge < -0.3 is 10.1 Å². The molecule has 1 aromatic rings. The Hall–Kier alpha value is -0.380. The highest BCUT2D eigenvalue weighted by Gasteiger charge is 2.26. The van der Waals surface area contributed by atoms with Crippen molar-refractivity contribution in [1.82, 2.24) is 5.32 Å². The van der Waals surface area contributed by atoms with Gasteiger partial charge in [0.25, 0.3) is 0 Å². The molecule has 1 saturated carbocycles. The van der Waals surface area contributed by atoms with Crippen molar-refractivity contribution in [1.29, 1.82) is 0 Å². The average molecular weight is 253 g/mol. The van der Waals surface area contributed by atoms with Crippen molar-refractivity contribution in [2.45, 2.75) is 38.6 Å². The Morgan fingerprint density at radius 2 is 2.29 bits per heavy atom.